The van der Waals surface area contributed by atoms with E-state index in [1.165, 1.54) is 17.4 Å². The zero-order valence-electron chi connectivity index (χ0n) is 12.5. The van der Waals surface area contributed by atoms with Gasteiger partial charge >= 0.3 is 0 Å². The summed E-state index contributed by atoms with van der Waals surface area (Å²) in [7, 11) is 0. The minimum Gasteiger partial charge on any atom is -0.313 e. The number of halogens is 1. The maximum absolute atomic E-state index is 12.4. The summed E-state index contributed by atoms with van der Waals surface area (Å²) in [5.41, 5.74) is 1.93. The van der Waals surface area contributed by atoms with Crippen LogP contribution in [0, 0.1) is 13.8 Å². The fourth-order valence-electron chi connectivity index (χ4n) is 2.34. The fourth-order valence-corrected chi connectivity index (χ4v) is 3.35. The predicted octanol–water partition coefficient (Wildman–Crippen LogP) is 4.15. The third kappa shape index (κ3) is 2.98. The van der Waals surface area contributed by atoms with Crippen LogP contribution in [-0.2, 0) is 0 Å². The van der Waals surface area contributed by atoms with Gasteiger partial charge in [-0.3, -0.25) is 14.6 Å². The molecule has 0 bridgehead atoms. The van der Waals surface area contributed by atoms with Gasteiger partial charge in [0.15, 0.2) is 5.78 Å². The van der Waals surface area contributed by atoms with Gasteiger partial charge in [-0.15, -0.1) is 11.3 Å². The smallest absolute Gasteiger partial charge is 0.260 e. The van der Waals surface area contributed by atoms with Crippen molar-refractivity contribution in [1.29, 1.82) is 0 Å². The van der Waals surface area contributed by atoms with Gasteiger partial charge in [0.1, 0.15) is 4.83 Å². The van der Waals surface area contributed by atoms with E-state index in [2.05, 4.69) is 9.97 Å². The van der Waals surface area contributed by atoms with Crippen molar-refractivity contribution < 1.29 is 4.79 Å². The number of ketones is 1. The molecule has 0 saturated heterocycles. The van der Waals surface area contributed by atoms with Crippen LogP contribution in [0.15, 0.2) is 34.6 Å². The van der Waals surface area contributed by atoms with Gasteiger partial charge in [0.2, 0.25) is 0 Å². The largest absolute Gasteiger partial charge is 0.313 e. The zero-order valence-corrected chi connectivity index (χ0v) is 14.1. The van der Waals surface area contributed by atoms with Crippen molar-refractivity contribution in [3.63, 3.8) is 0 Å². The molecule has 0 aliphatic carbocycles. The lowest BCUT2D eigenvalue weighted by Gasteiger charge is -2.03. The Morgan fingerprint density at radius 3 is 2.91 bits per heavy atom. The minimum atomic E-state index is -0.368. The molecular formula is C17H13ClN2O2S. The quantitative estimate of drug-likeness (QED) is 0.573. The highest BCUT2D eigenvalue weighted by atomic mass is 35.5. The standard InChI is InChI=1S/C17H13ClN2O2S/c1-9-12-5-6-23-17(12)20-16(22)15(9)14(21)4-3-11-7-13(18)10(2)19-8-11/h3-8H,1-2H3,(H,20,22)/b4-3+. The summed E-state index contributed by atoms with van der Waals surface area (Å²) in [5.74, 6) is -0.339. The first-order valence-electron chi connectivity index (χ1n) is 6.92. The molecular weight excluding hydrogens is 332 g/mol. The number of aryl methyl sites for hydroxylation is 2. The highest BCUT2D eigenvalue weighted by Gasteiger charge is 2.15. The third-order valence-corrected chi connectivity index (χ3v) is 4.83. The van der Waals surface area contributed by atoms with Gasteiger partial charge < -0.3 is 4.98 Å². The lowest BCUT2D eigenvalue weighted by Crippen LogP contribution is -2.18. The van der Waals surface area contributed by atoms with Gasteiger partial charge in [0, 0.05) is 11.6 Å². The Morgan fingerprint density at radius 2 is 2.17 bits per heavy atom. The molecule has 0 amide bonds. The maximum Gasteiger partial charge on any atom is 0.260 e. The topological polar surface area (TPSA) is 62.8 Å². The number of aromatic amines is 1. The molecule has 0 aromatic carbocycles. The Labute approximate surface area is 141 Å². The van der Waals surface area contributed by atoms with Gasteiger partial charge in [-0.2, -0.15) is 0 Å². The first kappa shape index (κ1) is 15.6. The van der Waals surface area contributed by atoms with Crippen LogP contribution >= 0.6 is 22.9 Å². The van der Waals surface area contributed by atoms with Crippen LogP contribution in [0.5, 0.6) is 0 Å². The number of hydrogen-bond acceptors (Lipinski definition) is 4. The number of carbonyl (C=O) groups excluding carboxylic acids is 1. The van der Waals surface area contributed by atoms with Crippen LogP contribution in [0.2, 0.25) is 5.02 Å². The molecule has 23 heavy (non-hydrogen) atoms. The molecule has 1 N–H and O–H groups in total. The van der Waals surface area contributed by atoms with Gasteiger partial charge in [0.25, 0.3) is 5.56 Å². The number of pyridine rings is 2. The number of aromatic nitrogens is 2. The lowest BCUT2D eigenvalue weighted by molar-refractivity contribution is 0.104. The lowest BCUT2D eigenvalue weighted by atomic mass is 10.0. The van der Waals surface area contributed by atoms with Crippen molar-refractivity contribution in [1.82, 2.24) is 9.97 Å². The predicted molar refractivity (Wildman–Crippen MR) is 94.5 cm³/mol. The highest BCUT2D eigenvalue weighted by Crippen LogP contribution is 2.22. The van der Waals surface area contributed by atoms with E-state index in [1.54, 1.807) is 32.2 Å². The van der Waals surface area contributed by atoms with Gasteiger partial charge in [0.05, 0.1) is 16.3 Å². The second kappa shape index (κ2) is 6.10. The average Bonchev–Trinajstić information content (AvgIpc) is 2.97. The summed E-state index contributed by atoms with van der Waals surface area (Å²) in [6.07, 6.45) is 4.61. The van der Waals surface area contributed by atoms with Crippen LogP contribution in [0.4, 0.5) is 0 Å². The number of rotatable bonds is 3. The van der Waals surface area contributed by atoms with E-state index in [0.29, 0.717) is 16.1 Å². The number of allylic oxidation sites excluding steroid dienone is 1. The van der Waals surface area contributed by atoms with Gasteiger partial charge in [-0.25, -0.2) is 0 Å². The average molecular weight is 345 g/mol. The molecule has 0 aliphatic heterocycles. The molecule has 0 atom stereocenters. The van der Waals surface area contributed by atoms with E-state index >= 15 is 0 Å². The van der Waals surface area contributed by atoms with Gasteiger partial charge in [-0.05, 0) is 54.6 Å². The van der Waals surface area contributed by atoms with Crippen LogP contribution in [0.3, 0.4) is 0 Å². The summed E-state index contributed by atoms with van der Waals surface area (Å²) < 4.78 is 0. The van der Waals surface area contributed by atoms with E-state index in [0.717, 1.165) is 15.9 Å². The summed E-state index contributed by atoms with van der Waals surface area (Å²) in [5, 5.41) is 3.32. The van der Waals surface area contributed by atoms with E-state index in [4.69, 9.17) is 11.6 Å². The van der Waals surface area contributed by atoms with Crippen LogP contribution in [0.1, 0.15) is 27.2 Å². The first-order valence-corrected chi connectivity index (χ1v) is 8.18. The molecule has 0 unspecified atom stereocenters. The first-order chi connectivity index (χ1) is 11.0. The number of carbonyl (C=O) groups is 1. The number of hydrogen-bond donors (Lipinski definition) is 1. The van der Waals surface area contributed by atoms with E-state index in [-0.39, 0.29) is 16.9 Å². The number of fused-ring (bicyclic) bond motifs is 1. The number of nitrogens with zero attached hydrogens (tertiary/aromatic N) is 1. The summed E-state index contributed by atoms with van der Waals surface area (Å²) >= 11 is 7.46. The highest BCUT2D eigenvalue weighted by molar-refractivity contribution is 7.16. The molecule has 6 heteroatoms. The molecule has 0 fully saturated rings. The zero-order chi connectivity index (χ0) is 16.6. The fraction of sp³-hybridized carbons (Fsp3) is 0.118. The van der Waals surface area contributed by atoms with E-state index < -0.39 is 0 Å². The van der Waals surface area contributed by atoms with Crippen LogP contribution < -0.4 is 5.56 Å². The summed E-state index contributed by atoms with van der Waals surface area (Å²) in [6, 6.07) is 3.63. The van der Waals surface area contributed by atoms with Crippen molar-refractivity contribution in [2.45, 2.75) is 13.8 Å². The van der Waals surface area contributed by atoms with Crippen molar-refractivity contribution in [2.75, 3.05) is 0 Å². The molecule has 116 valence electrons. The summed E-state index contributed by atoms with van der Waals surface area (Å²) in [6.45, 7) is 3.59. The molecule has 3 aromatic rings. The van der Waals surface area contributed by atoms with Crippen molar-refractivity contribution >= 4 is 45.0 Å². The van der Waals surface area contributed by atoms with E-state index in [9.17, 15) is 9.59 Å². The van der Waals surface area contributed by atoms with Gasteiger partial charge in [-0.1, -0.05) is 11.6 Å². The summed E-state index contributed by atoms with van der Waals surface area (Å²) in [4.78, 5) is 32.3. The number of nitrogens with one attached hydrogen (secondary N) is 1. The molecule has 3 heterocycles. The Balaban J connectivity index is 1.98. The second-order valence-electron chi connectivity index (χ2n) is 5.15. The van der Waals surface area contributed by atoms with E-state index in [1.807, 2.05) is 11.4 Å². The second-order valence-corrected chi connectivity index (χ2v) is 6.47. The van der Waals surface area contributed by atoms with Crippen LogP contribution in [-0.4, -0.2) is 15.8 Å². The molecule has 0 spiro atoms. The van der Waals surface area contributed by atoms with Crippen molar-refractivity contribution in [3.8, 4) is 0 Å². The SMILES string of the molecule is Cc1ncc(/C=C/C(=O)c2c(C)c3ccsc3[nH]c2=O)cc1Cl. The molecule has 4 nitrogen and oxygen atoms in total. The molecule has 0 aliphatic rings. The molecule has 0 saturated carbocycles. The Hall–Kier alpha value is -2.24. The Kier molecular flexibility index (Phi) is 4.15. The van der Waals surface area contributed by atoms with Crippen LogP contribution in [0.25, 0.3) is 16.3 Å². The van der Waals surface area contributed by atoms with Crippen molar-refractivity contribution in [2.24, 2.45) is 0 Å². The maximum atomic E-state index is 12.4. The van der Waals surface area contributed by atoms with Crippen molar-refractivity contribution in [3.05, 3.63) is 67.5 Å². The Bertz CT molecular complexity index is 1000. The minimum absolute atomic E-state index is 0.165. The molecule has 3 rings (SSSR count). The number of H-pyrrole nitrogens is 1. The number of thiophene rings is 1. The Morgan fingerprint density at radius 1 is 1.39 bits per heavy atom. The monoisotopic (exact) mass is 344 g/mol. The molecule has 0 radical (unpaired) electrons. The normalized spacial score (nSPS) is 11.4. The molecule has 3 aromatic heterocycles. The third-order valence-electron chi connectivity index (χ3n) is 3.62.